The molecule has 0 saturated carbocycles. The zero-order valence-electron chi connectivity index (χ0n) is 11.3. The number of thiophene rings is 1. The van der Waals surface area contributed by atoms with E-state index < -0.39 is 0 Å². The van der Waals surface area contributed by atoms with Crippen LogP contribution in [0.1, 0.15) is 22.5 Å². The molecule has 1 aromatic heterocycles. The van der Waals surface area contributed by atoms with Crippen molar-refractivity contribution in [1.82, 2.24) is 5.32 Å². The van der Waals surface area contributed by atoms with Crippen LogP contribution in [0.25, 0.3) is 0 Å². The highest BCUT2D eigenvalue weighted by Gasteiger charge is 2.21. The number of carbonyl (C=O) groups excluding carboxylic acids is 1. The number of para-hydroxylation sites is 1. The number of hydrogen-bond donors (Lipinski definition) is 1. The first-order valence-electron chi connectivity index (χ1n) is 6.97. The van der Waals surface area contributed by atoms with E-state index in [0.29, 0.717) is 6.04 Å². The van der Waals surface area contributed by atoms with Gasteiger partial charge in [-0.05, 0) is 36.4 Å². The minimum absolute atomic E-state index is 0.0677. The Morgan fingerprint density at radius 1 is 1.10 bits per heavy atom. The monoisotopic (exact) mass is 286 g/mol. The lowest BCUT2D eigenvalue weighted by molar-refractivity contribution is 0.0935. The molecule has 104 valence electrons. The molecule has 1 amide bonds. The van der Waals surface area contributed by atoms with Gasteiger partial charge in [0.15, 0.2) is 0 Å². The van der Waals surface area contributed by atoms with Crippen molar-refractivity contribution in [2.75, 3.05) is 18.0 Å². The predicted octanol–water partition coefficient (Wildman–Crippen LogP) is 3.15. The molecule has 0 bridgehead atoms. The summed E-state index contributed by atoms with van der Waals surface area (Å²) in [5, 5.41) is 5.08. The summed E-state index contributed by atoms with van der Waals surface area (Å²) in [6, 6.07) is 14.5. The standard InChI is InChI=1S/C16H18N2OS/c19-16(15-7-4-12-20-15)17-13-8-10-18(11-9-13)14-5-2-1-3-6-14/h1-7,12-13H,8-11H2,(H,17,19). The average Bonchev–Trinajstić information content (AvgIpc) is 3.03. The Bertz CT molecular complexity index is 545. The average molecular weight is 286 g/mol. The third kappa shape index (κ3) is 3.02. The maximum atomic E-state index is 12.0. The number of carbonyl (C=O) groups is 1. The van der Waals surface area contributed by atoms with Gasteiger partial charge in [0, 0.05) is 24.8 Å². The number of amides is 1. The summed E-state index contributed by atoms with van der Waals surface area (Å²) in [7, 11) is 0. The predicted molar refractivity (Wildman–Crippen MR) is 83.5 cm³/mol. The fraction of sp³-hybridized carbons (Fsp3) is 0.312. The van der Waals surface area contributed by atoms with Gasteiger partial charge < -0.3 is 10.2 Å². The molecule has 0 unspecified atom stereocenters. The summed E-state index contributed by atoms with van der Waals surface area (Å²) in [6.07, 6.45) is 2.01. The maximum Gasteiger partial charge on any atom is 0.261 e. The molecule has 1 aliphatic rings. The van der Waals surface area contributed by atoms with E-state index >= 15 is 0 Å². The Kier molecular flexibility index (Phi) is 4.02. The number of benzene rings is 1. The highest BCUT2D eigenvalue weighted by molar-refractivity contribution is 7.12. The van der Waals surface area contributed by atoms with E-state index in [-0.39, 0.29) is 5.91 Å². The molecule has 0 aliphatic carbocycles. The van der Waals surface area contributed by atoms with E-state index in [9.17, 15) is 4.79 Å². The lowest BCUT2D eigenvalue weighted by atomic mass is 10.0. The van der Waals surface area contributed by atoms with E-state index in [4.69, 9.17) is 0 Å². The van der Waals surface area contributed by atoms with Crippen molar-refractivity contribution in [2.24, 2.45) is 0 Å². The first-order valence-corrected chi connectivity index (χ1v) is 7.85. The van der Waals surface area contributed by atoms with E-state index in [1.807, 2.05) is 23.6 Å². The summed E-state index contributed by atoms with van der Waals surface area (Å²) < 4.78 is 0. The van der Waals surface area contributed by atoms with Crippen LogP contribution in [0.4, 0.5) is 5.69 Å². The molecule has 3 rings (SSSR count). The minimum Gasteiger partial charge on any atom is -0.371 e. The molecule has 20 heavy (non-hydrogen) atoms. The first-order chi connectivity index (χ1) is 9.83. The second kappa shape index (κ2) is 6.09. The molecule has 1 fully saturated rings. The topological polar surface area (TPSA) is 32.3 Å². The summed E-state index contributed by atoms with van der Waals surface area (Å²) >= 11 is 1.49. The molecule has 1 aliphatic heterocycles. The van der Waals surface area contributed by atoms with Gasteiger partial charge >= 0.3 is 0 Å². The zero-order valence-corrected chi connectivity index (χ0v) is 12.1. The van der Waals surface area contributed by atoms with Crippen molar-refractivity contribution in [3.63, 3.8) is 0 Å². The lowest BCUT2D eigenvalue weighted by Crippen LogP contribution is -2.44. The van der Waals surface area contributed by atoms with Crippen LogP contribution in [0.2, 0.25) is 0 Å². The van der Waals surface area contributed by atoms with Crippen molar-refractivity contribution in [3.8, 4) is 0 Å². The normalized spacial score (nSPS) is 16.1. The van der Waals surface area contributed by atoms with Crippen LogP contribution < -0.4 is 10.2 Å². The zero-order chi connectivity index (χ0) is 13.8. The number of nitrogens with one attached hydrogen (secondary N) is 1. The molecule has 1 N–H and O–H groups in total. The van der Waals surface area contributed by atoms with Crippen molar-refractivity contribution < 1.29 is 4.79 Å². The molecule has 4 heteroatoms. The van der Waals surface area contributed by atoms with Crippen LogP contribution in [-0.4, -0.2) is 25.0 Å². The number of piperidine rings is 1. The van der Waals surface area contributed by atoms with Crippen molar-refractivity contribution in [3.05, 3.63) is 52.7 Å². The van der Waals surface area contributed by atoms with E-state index in [2.05, 4.69) is 34.5 Å². The summed E-state index contributed by atoms with van der Waals surface area (Å²) in [5.74, 6) is 0.0677. The Labute approximate surface area is 123 Å². The van der Waals surface area contributed by atoms with Crippen LogP contribution in [0.5, 0.6) is 0 Å². The number of hydrogen-bond acceptors (Lipinski definition) is 3. The highest BCUT2D eigenvalue weighted by atomic mass is 32.1. The molecule has 0 spiro atoms. The fourth-order valence-electron chi connectivity index (χ4n) is 2.59. The molecular formula is C16H18N2OS. The number of nitrogens with zero attached hydrogens (tertiary/aromatic N) is 1. The van der Waals surface area contributed by atoms with Crippen molar-refractivity contribution in [1.29, 1.82) is 0 Å². The van der Waals surface area contributed by atoms with Crippen LogP contribution >= 0.6 is 11.3 Å². The van der Waals surface area contributed by atoms with Crippen molar-refractivity contribution >= 4 is 22.9 Å². The Morgan fingerprint density at radius 2 is 1.85 bits per heavy atom. The first kappa shape index (κ1) is 13.2. The van der Waals surface area contributed by atoms with Crippen LogP contribution in [0.3, 0.4) is 0 Å². The maximum absolute atomic E-state index is 12.0. The Balaban J connectivity index is 1.53. The van der Waals surface area contributed by atoms with Gasteiger partial charge in [-0.15, -0.1) is 11.3 Å². The van der Waals surface area contributed by atoms with Gasteiger partial charge in [-0.1, -0.05) is 24.3 Å². The van der Waals surface area contributed by atoms with Gasteiger partial charge in [0.25, 0.3) is 5.91 Å². The Morgan fingerprint density at radius 3 is 2.50 bits per heavy atom. The third-order valence-corrected chi connectivity index (χ3v) is 4.57. The second-order valence-corrected chi connectivity index (χ2v) is 6.00. The van der Waals surface area contributed by atoms with E-state index in [0.717, 1.165) is 30.8 Å². The molecule has 0 radical (unpaired) electrons. The molecule has 2 aromatic rings. The van der Waals surface area contributed by atoms with E-state index in [1.54, 1.807) is 0 Å². The molecule has 0 atom stereocenters. The molecule has 1 saturated heterocycles. The quantitative estimate of drug-likeness (QED) is 0.940. The molecule has 1 aromatic carbocycles. The Hall–Kier alpha value is -1.81. The van der Waals surface area contributed by atoms with Gasteiger partial charge in [-0.25, -0.2) is 0 Å². The largest absolute Gasteiger partial charge is 0.371 e. The van der Waals surface area contributed by atoms with E-state index in [1.165, 1.54) is 17.0 Å². The molecule has 3 nitrogen and oxygen atoms in total. The van der Waals surface area contributed by atoms with Gasteiger partial charge in [-0.3, -0.25) is 4.79 Å². The van der Waals surface area contributed by atoms with Gasteiger partial charge in [0.05, 0.1) is 4.88 Å². The molecular weight excluding hydrogens is 268 g/mol. The van der Waals surface area contributed by atoms with Gasteiger partial charge in [-0.2, -0.15) is 0 Å². The number of rotatable bonds is 3. The van der Waals surface area contributed by atoms with Crippen LogP contribution in [0.15, 0.2) is 47.8 Å². The molecule has 2 heterocycles. The summed E-state index contributed by atoms with van der Waals surface area (Å²) in [5.41, 5.74) is 1.27. The third-order valence-electron chi connectivity index (χ3n) is 3.70. The summed E-state index contributed by atoms with van der Waals surface area (Å²) in [4.78, 5) is 15.2. The summed E-state index contributed by atoms with van der Waals surface area (Å²) in [6.45, 7) is 2.00. The van der Waals surface area contributed by atoms with Crippen molar-refractivity contribution in [2.45, 2.75) is 18.9 Å². The lowest BCUT2D eigenvalue weighted by Gasteiger charge is -2.33. The minimum atomic E-state index is 0.0677. The highest BCUT2D eigenvalue weighted by Crippen LogP contribution is 2.20. The fourth-order valence-corrected chi connectivity index (χ4v) is 3.21. The number of anilines is 1. The second-order valence-electron chi connectivity index (χ2n) is 5.05. The van der Waals surface area contributed by atoms with Gasteiger partial charge in [0.1, 0.15) is 0 Å². The van der Waals surface area contributed by atoms with Crippen LogP contribution in [0, 0.1) is 0 Å². The van der Waals surface area contributed by atoms with Gasteiger partial charge in [0.2, 0.25) is 0 Å². The SMILES string of the molecule is O=C(NC1CCN(c2ccccc2)CC1)c1cccs1. The van der Waals surface area contributed by atoms with Crippen LogP contribution in [-0.2, 0) is 0 Å². The smallest absolute Gasteiger partial charge is 0.261 e.